The monoisotopic (exact) mass is 361 g/mol. The Balaban J connectivity index is 0.000000151. The molecule has 2 spiro atoms. The summed E-state index contributed by atoms with van der Waals surface area (Å²) in [4.78, 5) is 2.64. The van der Waals surface area contributed by atoms with E-state index in [4.69, 9.17) is 0 Å². The van der Waals surface area contributed by atoms with Crippen molar-refractivity contribution in [3.8, 4) is 0 Å². The van der Waals surface area contributed by atoms with Gasteiger partial charge in [0.05, 0.1) is 0 Å². The highest BCUT2D eigenvalue weighted by molar-refractivity contribution is 5.00. The Morgan fingerprint density at radius 3 is 1.50 bits per heavy atom. The molecule has 0 unspecified atom stereocenters. The summed E-state index contributed by atoms with van der Waals surface area (Å²) in [7, 11) is 0. The largest absolute Gasteiger partial charge is 0.297 e. The molecule has 1 heterocycles. The molecule has 1 nitrogen and oxygen atoms in total. The first kappa shape index (κ1) is 20.7. The van der Waals surface area contributed by atoms with Crippen molar-refractivity contribution in [1.82, 2.24) is 4.90 Å². The molecule has 3 aliphatic carbocycles. The topological polar surface area (TPSA) is 3.24 Å². The van der Waals surface area contributed by atoms with Gasteiger partial charge in [0, 0.05) is 18.6 Å². The molecular formula is C25H47N. The molecular weight excluding hydrogens is 314 g/mol. The SMILES string of the molecule is CC(C)(C)C1CCC2(CCC2)CC1.CC(C)(C)N1CC2(CCCCC2)C1. The third-order valence-corrected chi connectivity index (χ3v) is 8.60. The Labute approximate surface area is 164 Å². The summed E-state index contributed by atoms with van der Waals surface area (Å²) in [6.45, 7) is 17.0. The minimum atomic E-state index is 0.405. The maximum absolute atomic E-state index is 2.64. The molecule has 0 aromatic heterocycles. The zero-order valence-electron chi connectivity index (χ0n) is 18.9. The van der Waals surface area contributed by atoms with Crippen LogP contribution in [0.25, 0.3) is 0 Å². The summed E-state index contributed by atoms with van der Waals surface area (Å²) in [5.41, 5.74) is 2.57. The Morgan fingerprint density at radius 2 is 1.12 bits per heavy atom. The molecule has 0 radical (unpaired) electrons. The number of rotatable bonds is 0. The molecule has 0 atom stereocenters. The molecule has 0 bridgehead atoms. The second-order valence-corrected chi connectivity index (χ2v) is 12.6. The molecule has 4 rings (SSSR count). The highest BCUT2D eigenvalue weighted by Crippen LogP contribution is 2.55. The first-order chi connectivity index (χ1) is 12.0. The van der Waals surface area contributed by atoms with E-state index in [2.05, 4.69) is 46.4 Å². The van der Waals surface area contributed by atoms with E-state index in [1.54, 1.807) is 12.8 Å². The van der Waals surface area contributed by atoms with Gasteiger partial charge in [-0.3, -0.25) is 4.90 Å². The van der Waals surface area contributed by atoms with Crippen LogP contribution in [-0.4, -0.2) is 23.5 Å². The summed E-state index contributed by atoms with van der Waals surface area (Å²) < 4.78 is 0. The van der Waals surface area contributed by atoms with Gasteiger partial charge in [0.1, 0.15) is 0 Å². The number of likely N-dealkylation sites (tertiary alicyclic amines) is 1. The lowest BCUT2D eigenvalue weighted by Gasteiger charge is -2.57. The average molecular weight is 362 g/mol. The van der Waals surface area contributed by atoms with Crippen molar-refractivity contribution >= 4 is 0 Å². The van der Waals surface area contributed by atoms with Gasteiger partial charge < -0.3 is 0 Å². The fourth-order valence-corrected chi connectivity index (χ4v) is 6.13. The first-order valence-corrected chi connectivity index (χ1v) is 11.8. The molecule has 0 aromatic rings. The van der Waals surface area contributed by atoms with Crippen LogP contribution in [0.15, 0.2) is 0 Å². The van der Waals surface area contributed by atoms with Crippen LogP contribution >= 0.6 is 0 Å². The van der Waals surface area contributed by atoms with E-state index < -0.39 is 0 Å². The Bertz CT molecular complexity index is 436. The van der Waals surface area contributed by atoms with E-state index in [0.717, 1.165) is 16.7 Å². The third kappa shape index (κ3) is 4.68. The van der Waals surface area contributed by atoms with Crippen LogP contribution in [0.2, 0.25) is 0 Å². The molecule has 1 saturated heterocycles. The minimum Gasteiger partial charge on any atom is -0.297 e. The molecule has 26 heavy (non-hydrogen) atoms. The van der Waals surface area contributed by atoms with Crippen LogP contribution in [0.4, 0.5) is 0 Å². The second kappa shape index (κ2) is 7.41. The quantitative estimate of drug-likeness (QED) is 0.433. The zero-order chi connectivity index (χ0) is 19.1. The van der Waals surface area contributed by atoms with Crippen molar-refractivity contribution in [2.75, 3.05) is 13.1 Å². The van der Waals surface area contributed by atoms with E-state index in [9.17, 15) is 0 Å². The molecule has 0 aromatic carbocycles. The average Bonchev–Trinajstić information content (AvgIpc) is 2.51. The summed E-state index contributed by atoms with van der Waals surface area (Å²) in [5.74, 6) is 0.999. The van der Waals surface area contributed by atoms with Gasteiger partial charge in [-0.15, -0.1) is 0 Å². The van der Waals surface area contributed by atoms with E-state index in [-0.39, 0.29) is 0 Å². The summed E-state index contributed by atoms with van der Waals surface area (Å²) in [5, 5.41) is 0. The number of hydrogen-bond donors (Lipinski definition) is 0. The summed E-state index contributed by atoms with van der Waals surface area (Å²) >= 11 is 0. The van der Waals surface area contributed by atoms with Crippen molar-refractivity contribution in [1.29, 1.82) is 0 Å². The lowest BCUT2D eigenvalue weighted by atomic mass is 9.56. The Morgan fingerprint density at radius 1 is 0.615 bits per heavy atom. The van der Waals surface area contributed by atoms with E-state index in [1.807, 2.05) is 0 Å². The summed E-state index contributed by atoms with van der Waals surface area (Å²) in [6.07, 6.45) is 18.1. The molecule has 1 heteroatoms. The minimum absolute atomic E-state index is 0.405. The fraction of sp³-hybridized carbons (Fsp3) is 1.00. The fourth-order valence-electron chi connectivity index (χ4n) is 6.13. The van der Waals surface area contributed by atoms with Gasteiger partial charge in [-0.2, -0.15) is 0 Å². The molecule has 4 fully saturated rings. The molecule has 0 N–H and O–H groups in total. The van der Waals surface area contributed by atoms with Crippen LogP contribution in [0, 0.1) is 22.2 Å². The van der Waals surface area contributed by atoms with Crippen LogP contribution in [0.1, 0.15) is 119 Å². The number of hydrogen-bond acceptors (Lipinski definition) is 1. The third-order valence-electron chi connectivity index (χ3n) is 8.60. The lowest BCUT2D eigenvalue weighted by Crippen LogP contribution is -2.63. The molecule has 152 valence electrons. The Kier molecular flexibility index (Phi) is 5.90. The highest BCUT2D eigenvalue weighted by Gasteiger charge is 2.46. The number of nitrogens with zero attached hydrogens (tertiary/aromatic N) is 1. The van der Waals surface area contributed by atoms with Crippen LogP contribution in [0.3, 0.4) is 0 Å². The van der Waals surface area contributed by atoms with Crippen molar-refractivity contribution in [2.45, 2.75) is 124 Å². The van der Waals surface area contributed by atoms with Crippen molar-refractivity contribution in [3.63, 3.8) is 0 Å². The van der Waals surface area contributed by atoms with Gasteiger partial charge >= 0.3 is 0 Å². The maximum Gasteiger partial charge on any atom is 0.0125 e. The predicted molar refractivity (Wildman–Crippen MR) is 115 cm³/mol. The highest BCUT2D eigenvalue weighted by atomic mass is 15.3. The molecule has 3 saturated carbocycles. The normalized spacial score (nSPS) is 28.8. The van der Waals surface area contributed by atoms with Gasteiger partial charge in [-0.1, -0.05) is 46.5 Å². The lowest BCUT2D eigenvalue weighted by molar-refractivity contribution is -0.0784. The standard InChI is InChI=1S/C13H24.C12H23N/c1-12(2,3)11-5-9-13(10-6-11)7-4-8-13;1-11(2,3)13-9-12(10-13)7-5-4-6-8-12/h11H,4-10H2,1-3H3;4-10H2,1-3H3. The molecule has 4 aliphatic rings. The molecule has 1 aliphatic heterocycles. The van der Waals surface area contributed by atoms with Gasteiger partial charge in [-0.25, -0.2) is 0 Å². The zero-order valence-corrected chi connectivity index (χ0v) is 18.9. The maximum atomic E-state index is 2.64. The van der Waals surface area contributed by atoms with E-state index in [1.165, 1.54) is 77.3 Å². The summed E-state index contributed by atoms with van der Waals surface area (Å²) in [6, 6.07) is 0. The Hall–Kier alpha value is -0.0400. The van der Waals surface area contributed by atoms with Gasteiger partial charge in [0.2, 0.25) is 0 Å². The van der Waals surface area contributed by atoms with Crippen LogP contribution < -0.4 is 0 Å². The van der Waals surface area contributed by atoms with E-state index >= 15 is 0 Å². The predicted octanol–water partition coefficient (Wildman–Crippen LogP) is 7.44. The first-order valence-electron chi connectivity index (χ1n) is 11.8. The van der Waals surface area contributed by atoms with E-state index in [0.29, 0.717) is 11.0 Å². The van der Waals surface area contributed by atoms with Gasteiger partial charge in [0.15, 0.2) is 0 Å². The molecule has 0 amide bonds. The van der Waals surface area contributed by atoms with Crippen LogP contribution in [0.5, 0.6) is 0 Å². The second-order valence-electron chi connectivity index (χ2n) is 12.6. The van der Waals surface area contributed by atoms with Crippen molar-refractivity contribution < 1.29 is 0 Å². The van der Waals surface area contributed by atoms with Crippen LogP contribution in [-0.2, 0) is 0 Å². The van der Waals surface area contributed by atoms with Gasteiger partial charge in [0.25, 0.3) is 0 Å². The smallest absolute Gasteiger partial charge is 0.0125 e. The van der Waals surface area contributed by atoms with Crippen molar-refractivity contribution in [2.24, 2.45) is 22.2 Å². The van der Waals surface area contributed by atoms with Crippen molar-refractivity contribution in [3.05, 3.63) is 0 Å². The van der Waals surface area contributed by atoms with Gasteiger partial charge in [-0.05, 0) is 94.3 Å².